The normalized spacial score (nSPS) is 23.6. The molecule has 1 aliphatic heterocycles. The number of nitrogens with zero attached hydrogens (tertiary/aromatic N) is 1. The predicted molar refractivity (Wildman–Crippen MR) is 113 cm³/mol. The van der Waals surface area contributed by atoms with Crippen LogP contribution in [-0.2, 0) is 6.54 Å². The van der Waals surface area contributed by atoms with Gasteiger partial charge in [-0.1, -0.05) is 18.9 Å². The lowest BCUT2D eigenvalue weighted by Crippen LogP contribution is -2.30. The van der Waals surface area contributed by atoms with Gasteiger partial charge in [0.25, 0.3) is 0 Å². The first-order valence-electron chi connectivity index (χ1n) is 10.8. The number of hydrogen-bond acceptors (Lipinski definition) is 4. The molecule has 2 N–H and O–H groups in total. The first kappa shape index (κ1) is 21.5. The zero-order chi connectivity index (χ0) is 22.0. The molecule has 1 fully saturated rings. The Bertz CT molecular complexity index is 992. The van der Waals surface area contributed by atoms with Gasteiger partial charge in [0.1, 0.15) is 17.7 Å². The number of phenolic OH excluding ortho intramolecular Hbond substituents is 1. The lowest BCUT2D eigenvalue weighted by Gasteiger charge is -2.32. The van der Waals surface area contributed by atoms with Crippen LogP contribution in [0.2, 0.25) is 0 Å². The number of hydrogen-bond donors (Lipinski definition) is 2. The summed E-state index contributed by atoms with van der Waals surface area (Å²) in [5.41, 5.74) is 1.14. The lowest BCUT2D eigenvalue weighted by atomic mass is 9.79. The summed E-state index contributed by atoms with van der Waals surface area (Å²) in [6.45, 7) is 2.42. The quantitative estimate of drug-likeness (QED) is 0.667. The third kappa shape index (κ3) is 4.77. The van der Waals surface area contributed by atoms with Crippen molar-refractivity contribution in [1.82, 2.24) is 4.90 Å². The van der Waals surface area contributed by atoms with Gasteiger partial charge in [0.2, 0.25) is 0 Å². The molecular formula is C25H27F2NO3. The topological polar surface area (TPSA) is 52.9 Å². The van der Waals surface area contributed by atoms with Gasteiger partial charge < -0.3 is 14.9 Å². The summed E-state index contributed by atoms with van der Waals surface area (Å²) in [6.07, 6.45) is 3.78. The zero-order valence-corrected chi connectivity index (χ0v) is 17.5. The van der Waals surface area contributed by atoms with Gasteiger partial charge in [-0.25, -0.2) is 8.78 Å². The third-order valence-electron chi connectivity index (χ3n) is 6.32. The number of benzene rings is 2. The van der Waals surface area contributed by atoms with Gasteiger partial charge in [0.15, 0.2) is 17.8 Å². The van der Waals surface area contributed by atoms with Crippen molar-refractivity contribution >= 4 is 0 Å². The molecular weight excluding hydrogens is 400 g/mol. The molecule has 2 aromatic carbocycles. The molecule has 2 aromatic rings. The summed E-state index contributed by atoms with van der Waals surface area (Å²) in [6, 6.07) is 11.8. The fourth-order valence-corrected chi connectivity index (χ4v) is 4.57. The SMILES string of the molecule is CCC(Oc1cccc(F)c1)C1CCC(C#CN2Cc3cc(F)c(O)cc3C2O)CC1. The van der Waals surface area contributed by atoms with E-state index in [1.165, 1.54) is 24.3 Å². The maximum Gasteiger partial charge on any atom is 0.165 e. The maximum atomic E-state index is 13.6. The van der Waals surface area contributed by atoms with Crippen LogP contribution in [0.15, 0.2) is 36.4 Å². The average Bonchev–Trinajstić information content (AvgIpc) is 3.06. The first-order valence-corrected chi connectivity index (χ1v) is 10.8. The summed E-state index contributed by atoms with van der Waals surface area (Å²) < 4.78 is 33.1. The minimum atomic E-state index is -0.963. The highest BCUT2D eigenvalue weighted by Crippen LogP contribution is 2.36. The molecule has 0 aromatic heterocycles. The van der Waals surface area contributed by atoms with Gasteiger partial charge in [0, 0.05) is 23.6 Å². The van der Waals surface area contributed by atoms with Crippen LogP contribution in [0.5, 0.6) is 11.5 Å². The second kappa shape index (κ2) is 9.15. The van der Waals surface area contributed by atoms with Crippen molar-refractivity contribution in [3.8, 4) is 23.5 Å². The molecule has 2 aliphatic rings. The molecule has 0 spiro atoms. The molecule has 4 nitrogen and oxygen atoms in total. The van der Waals surface area contributed by atoms with Crippen LogP contribution in [0.1, 0.15) is 56.4 Å². The third-order valence-corrected chi connectivity index (χ3v) is 6.32. The molecule has 6 heteroatoms. The molecule has 1 saturated carbocycles. The van der Waals surface area contributed by atoms with Crippen molar-refractivity contribution in [2.45, 2.75) is 57.9 Å². The zero-order valence-electron chi connectivity index (χ0n) is 17.5. The number of halogens is 2. The number of aromatic hydroxyl groups is 1. The molecule has 0 saturated heterocycles. The molecule has 1 aliphatic carbocycles. The van der Waals surface area contributed by atoms with E-state index in [1.54, 1.807) is 17.0 Å². The standard InChI is InChI=1S/C25H27F2NO3/c1-2-24(31-20-5-3-4-19(26)13-20)17-8-6-16(7-9-17)10-11-28-15-18-12-22(27)23(29)14-21(18)25(28)30/h3-5,12-14,16-17,24-25,29-30H,2,6-9,15H2,1H3. The lowest BCUT2D eigenvalue weighted by molar-refractivity contribution is 0.0572. The fraction of sp³-hybridized carbons (Fsp3) is 0.440. The number of rotatable bonds is 4. The van der Waals surface area contributed by atoms with Crippen molar-refractivity contribution in [2.75, 3.05) is 0 Å². The van der Waals surface area contributed by atoms with E-state index in [-0.39, 0.29) is 17.8 Å². The fourth-order valence-electron chi connectivity index (χ4n) is 4.57. The second-order valence-corrected chi connectivity index (χ2v) is 8.39. The Morgan fingerprint density at radius 3 is 2.65 bits per heavy atom. The van der Waals surface area contributed by atoms with E-state index >= 15 is 0 Å². The van der Waals surface area contributed by atoms with Crippen LogP contribution in [0.25, 0.3) is 0 Å². The Balaban J connectivity index is 1.33. The average molecular weight is 427 g/mol. The Kier molecular flexibility index (Phi) is 6.33. The van der Waals surface area contributed by atoms with Crippen molar-refractivity contribution in [2.24, 2.45) is 11.8 Å². The molecule has 0 radical (unpaired) electrons. The Labute approximate surface area is 181 Å². The number of aliphatic hydroxyl groups is 1. The molecule has 0 amide bonds. The highest BCUT2D eigenvalue weighted by atomic mass is 19.1. The molecule has 0 bridgehead atoms. The van der Waals surface area contributed by atoms with Gasteiger partial charge in [0.05, 0.1) is 6.54 Å². The van der Waals surface area contributed by atoms with E-state index in [0.29, 0.717) is 29.3 Å². The Morgan fingerprint density at radius 2 is 1.94 bits per heavy atom. The van der Waals surface area contributed by atoms with Crippen molar-refractivity contribution in [3.05, 3.63) is 59.2 Å². The highest BCUT2D eigenvalue weighted by Gasteiger charge is 2.30. The number of phenols is 1. The number of fused-ring (bicyclic) bond motifs is 1. The second-order valence-electron chi connectivity index (χ2n) is 8.39. The molecule has 31 heavy (non-hydrogen) atoms. The van der Waals surface area contributed by atoms with Gasteiger partial charge in [-0.15, -0.1) is 0 Å². The van der Waals surface area contributed by atoms with E-state index in [4.69, 9.17) is 4.74 Å². The van der Waals surface area contributed by atoms with Crippen molar-refractivity contribution in [3.63, 3.8) is 0 Å². The van der Waals surface area contributed by atoms with Gasteiger partial charge in [-0.3, -0.25) is 4.90 Å². The summed E-state index contributed by atoms with van der Waals surface area (Å²) >= 11 is 0. The van der Waals surface area contributed by atoms with Gasteiger partial charge >= 0.3 is 0 Å². The monoisotopic (exact) mass is 427 g/mol. The van der Waals surface area contributed by atoms with E-state index in [0.717, 1.165) is 32.1 Å². The minimum Gasteiger partial charge on any atom is -0.505 e. The minimum absolute atomic E-state index is 0.0492. The smallest absolute Gasteiger partial charge is 0.165 e. The number of ether oxygens (including phenoxy) is 1. The summed E-state index contributed by atoms with van der Waals surface area (Å²) in [7, 11) is 0. The van der Waals surface area contributed by atoms with Crippen molar-refractivity contribution < 1.29 is 23.7 Å². The van der Waals surface area contributed by atoms with Gasteiger partial charge in [-0.05, 0) is 67.9 Å². The van der Waals surface area contributed by atoms with E-state index in [9.17, 15) is 19.0 Å². The van der Waals surface area contributed by atoms with Crippen LogP contribution < -0.4 is 4.74 Å². The van der Waals surface area contributed by atoms with Crippen LogP contribution in [0, 0.1) is 35.4 Å². The largest absolute Gasteiger partial charge is 0.505 e. The molecule has 4 rings (SSSR count). The Morgan fingerprint density at radius 1 is 1.16 bits per heavy atom. The first-order chi connectivity index (χ1) is 14.9. The summed E-state index contributed by atoms with van der Waals surface area (Å²) in [5.74, 6) is 3.01. The van der Waals surface area contributed by atoms with Gasteiger partial charge in [-0.2, -0.15) is 0 Å². The van der Waals surface area contributed by atoms with E-state index < -0.39 is 17.8 Å². The number of aliphatic hydroxyl groups excluding tert-OH is 1. The van der Waals surface area contributed by atoms with E-state index in [2.05, 4.69) is 18.9 Å². The van der Waals surface area contributed by atoms with Crippen LogP contribution in [0.3, 0.4) is 0 Å². The molecule has 164 valence electrons. The molecule has 2 unspecified atom stereocenters. The van der Waals surface area contributed by atoms with Crippen molar-refractivity contribution in [1.29, 1.82) is 0 Å². The van der Waals surface area contributed by atoms with E-state index in [1.807, 2.05) is 0 Å². The molecule has 2 atom stereocenters. The summed E-state index contributed by atoms with van der Waals surface area (Å²) in [4.78, 5) is 1.58. The maximum absolute atomic E-state index is 13.6. The summed E-state index contributed by atoms with van der Waals surface area (Å²) in [5, 5.41) is 20.0. The van der Waals surface area contributed by atoms with Crippen LogP contribution in [0.4, 0.5) is 8.78 Å². The van der Waals surface area contributed by atoms with Crippen LogP contribution >= 0.6 is 0 Å². The molecule has 1 heterocycles. The predicted octanol–water partition coefficient (Wildman–Crippen LogP) is 5.10. The Hall–Kier alpha value is -2.78. The van der Waals surface area contributed by atoms with Crippen LogP contribution in [-0.4, -0.2) is 21.2 Å². The highest BCUT2D eigenvalue weighted by molar-refractivity contribution is 5.40.